The molecule has 0 saturated heterocycles. The van der Waals surface area contributed by atoms with Gasteiger partial charge in [0, 0.05) is 21.5 Å². The number of benzene rings is 2. The molecule has 0 saturated carbocycles. The van der Waals surface area contributed by atoms with Gasteiger partial charge in [-0.05, 0) is 40.6 Å². The van der Waals surface area contributed by atoms with Crippen LogP contribution in [0.1, 0.15) is 0 Å². The maximum Gasteiger partial charge on any atom is 0.135 e. The standard InChI is InChI=1S/C15H8ClN3OS/c16-11-4-1-9(2-5-11)14-8-21-15(17-14)10-3-6-12-13(7-10)19-20-18-12/h1-8H. The quantitative estimate of drug-likeness (QED) is 0.540. The van der Waals surface area contributed by atoms with Crippen molar-refractivity contribution >= 4 is 34.0 Å². The zero-order valence-electron chi connectivity index (χ0n) is 10.7. The highest BCUT2D eigenvalue weighted by molar-refractivity contribution is 7.13. The Morgan fingerprint density at radius 3 is 2.52 bits per heavy atom. The fourth-order valence-electron chi connectivity index (χ4n) is 2.07. The van der Waals surface area contributed by atoms with E-state index in [4.69, 9.17) is 16.2 Å². The highest BCUT2D eigenvalue weighted by atomic mass is 35.5. The van der Waals surface area contributed by atoms with Crippen LogP contribution in [0.25, 0.3) is 32.9 Å². The largest absolute Gasteiger partial charge is 0.243 e. The van der Waals surface area contributed by atoms with Crippen LogP contribution in [0.4, 0.5) is 0 Å². The van der Waals surface area contributed by atoms with Gasteiger partial charge in [-0.25, -0.2) is 9.61 Å². The molecule has 0 fully saturated rings. The van der Waals surface area contributed by atoms with Crippen LogP contribution < -0.4 is 0 Å². The van der Waals surface area contributed by atoms with Gasteiger partial charge in [0.1, 0.15) is 16.0 Å². The molecule has 0 unspecified atom stereocenters. The Balaban J connectivity index is 1.74. The highest BCUT2D eigenvalue weighted by Gasteiger charge is 2.09. The molecule has 0 bridgehead atoms. The molecule has 0 aliphatic carbocycles. The number of thiazole rings is 1. The Kier molecular flexibility index (Phi) is 2.94. The van der Waals surface area contributed by atoms with Crippen LogP contribution in [-0.4, -0.2) is 15.3 Å². The molecule has 102 valence electrons. The normalized spacial score (nSPS) is 11.1. The predicted molar refractivity (Wildman–Crippen MR) is 83.4 cm³/mol. The van der Waals surface area contributed by atoms with Gasteiger partial charge in [-0.15, -0.1) is 11.3 Å². The summed E-state index contributed by atoms with van der Waals surface area (Å²) >= 11 is 7.50. The third-order valence-corrected chi connectivity index (χ3v) is 4.29. The van der Waals surface area contributed by atoms with E-state index in [1.54, 1.807) is 11.3 Å². The van der Waals surface area contributed by atoms with Gasteiger partial charge in [0.15, 0.2) is 0 Å². The molecule has 2 aromatic carbocycles. The monoisotopic (exact) mass is 313 g/mol. The summed E-state index contributed by atoms with van der Waals surface area (Å²) in [5, 5.41) is 11.3. The summed E-state index contributed by atoms with van der Waals surface area (Å²) in [6, 6.07) is 13.4. The fourth-order valence-corrected chi connectivity index (χ4v) is 3.03. The summed E-state index contributed by atoms with van der Waals surface area (Å²) < 4.78 is 4.71. The summed E-state index contributed by atoms with van der Waals surface area (Å²) in [6.07, 6.45) is 0. The van der Waals surface area contributed by atoms with Crippen molar-refractivity contribution in [3.8, 4) is 21.8 Å². The molecular weight excluding hydrogens is 306 g/mol. The van der Waals surface area contributed by atoms with Crippen molar-refractivity contribution in [3.05, 3.63) is 52.9 Å². The van der Waals surface area contributed by atoms with Gasteiger partial charge in [0.2, 0.25) is 0 Å². The third kappa shape index (κ3) is 2.30. The van der Waals surface area contributed by atoms with Crippen LogP contribution in [0.3, 0.4) is 0 Å². The van der Waals surface area contributed by atoms with E-state index in [0.29, 0.717) is 0 Å². The first kappa shape index (κ1) is 12.5. The lowest BCUT2D eigenvalue weighted by molar-refractivity contribution is 0.315. The lowest BCUT2D eigenvalue weighted by Crippen LogP contribution is -1.80. The van der Waals surface area contributed by atoms with Gasteiger partial charge in [-0.2, -0.15) is 0 Å². The first-order chi connectivity index (χ1) is 10.3. The van der Waals surface area contributed by atoms with Gasteiger partial charge in [0.05, 0.1) is 5.69 Å². The highest BCUT2D eigenvalue weighted by Crippen LogP contribution is 2.30. The van der Waals surface area contributed by atoms with Gasteiger partial charge < -0.3 is 0 Å². The van der Waals surface area contributed by atoms with E-state index in [0.717, 1.165) is 37.9 Å². The molecule has 2 heterocycles. The molecule has 4 nitrogen and oxygen atoms in total. The Bertz CT molecular complexity index is 914. The summed E-state index contributed by atoms with van der Waals surface area (Å²) in [5.41, 5.74) is 4.46. The topological polar surface area (TPSA) is 51.8 Å². The summed E-state index contributed by atoms with van der Waals surface area (Å²) in [7, 11) is 0. The number of rotatable bonds is 2. The van der Waals surface area contributed by atoms with Gasteiger partial charge in [-0.1, -0.05) is 23.7 Å². The second-order valence-corrected chi connectivity index (χ2v) is 5.81. The third-order valence-electron chi connectivity index (χ3n) is 3.14. The van der Waals surface area contributed by atoms with Crippen LogP contribution >= 0.6 is 22.9 Å². The predicted octanol–water partition coefficient (Wildman–Crippen LogP) is 4.67. The van der Waals surface area contributed by atoms with Crippen molar-refractivity contribution in [3.63, 3.8) is 0 Å². The molecular formula is C15H8ClN3OS. The second-order valence-electron chi connectivity index (χ2n) is 4.51. The molecule has 0 aliphatic rings. The number of hydrogen-bond acceptors (Lipinski definition) is 5. The van der Waals surface area contributed by atoms with Gasteiger partial charge in [0.25, 0.3) is 0 Å². The lowest BCUT2D eigenvalue weighted by atomic mass is 10.2. The van der Waals surface area contributed by atoms with E-state index in [9.17, 15) is 0 Å². The molecule has 4 aromatic rings. The van der Waals surface area contributed by atoms with Crippen LogP contribution in [0.2, 0.25) is 5.02 Å². The van der Waals surface area contributed by atoms with Gasteiger partial charge in [-0.3, -0.25) is 0 Å². The Morgan fingerprint density at radius 1 is 0.905 bits per heavy atom. The smallest absolute Gasteiger partial charge is 0.135 e. The molecule has 6 heteroatoms. The molecule has 0 radical (unpaired) electrons. The number of halogens is 1. The molecule has 0 atom stereocenters. The zero-order valence-corrected chi connectivity index (χ0v) is 12.2. The minimum Gasteiger partial charge on any atom is -0.243 e. The van der Waals surface area contributed by atoms with E-state index in [2.05, 4.69) is 15.3 Å². The molecule has 2 aromatic heterocycles. The molecule has 4 rings (SSSR count). The maximum atomic E-state index is 5.91. The minimum atomic E-state index is 0.721. The Morgan fingerprint density at radius 2 is 1.67 bits per heavy atom. The van der Waals surface area contributed by atoms with E-state index in [1.165, 1.54) is 0 Å². The number of aromatic nitrogens is 3. The number of nitrogens with zero attached hydrogens (tertiary/aromatic N) is 3. The van der Waals surface area contributed by atoms with E-state index in [-0.39, 0.29) is 0 Å². The van der Waals surface area contributed by atoms with Crippen molar-refractivity contribution in [2.24, 2.45) is 0 Å². The SMILES string of the molecule is Clc1ccc(-c2csc(-c3ccc4nonc4c3)n2)cc1. The average molecular weight is 314 g/mol. The van der Waals surface area contributed by atoms with Crippen LogP contribution in [0.15, 0.2) is 52.5 Å². The average Bonchev–Trinajstić information content (AvgIpc) is 3.16. The summed E-state index contributed by atoms with van der Waals surface area (Å²) in [5.74, 6) is 0. The molecule has 0 spiro atoms. The van der Waals surface area contributed by atoms with Crippen molar-refractivity contribution in [2.75, 3.05) is 0 Å². The Hall–Kier alpha value is -2.24. The van der Waals surface area contributed by atoms with Crippen molar-refractivity contribution in [2.45, 2.75) is 0 Å². The van der Waals surface area contributed by atoms with Crippen molar-refractivity contribution in [1.82, 2.24) is 15.3 Å². The van der Waals surface area contributed by atoms with E-state index < -0.39 is 0 Å². The summed E-state index contributed by atoms with van der Waals surface area (Å²) in [4.78, 5) is 4.67. The number of hydrogen-bond donors (Lipinski definition) is 0. The van der Waals surface area contributed by atoms with E-state index >= 15 is 0 Å². The van der Waals surface area contributed by atoms with Crippen LogP contribution in [0, 0.1) is 0 Å². The first-order valence-corrected chi connectivity index (χ1v) is 7.49. The Labute approximate surface area is 129 Å². The minimum absolute atomic E-state index is 0.721. The lowest BCUT2D eigenvalue weighted by Gasteiger charge is -1.97. The van der Waals surface area contributed by atoms with E-state index in [1.807, 2.05) is 47.8 Å². The molecule has 21 heavy (non-hydrogen) atoms. The van der Waals surface area contributed by atoms with Crippen LogP contribution in [-0.2, 0) is 0 Å². The summed E-state index contributed by atoms with van der Waals surface area (Å²) in [6.45, 7) is 0. The second kappa shape index (κ2) is 4.95. The molecule has 0 aliphatic heterocycles. The van der Waals surface area contributed by atoms with Gasteiger partial charge >= 0.3 is 0 Å². The maximum absolute atomic E-state index is 5.91. The molecule has 0 N–H and O–H groups in total. The van der Waals surface area contributed by atoms with Crippen LogP contribution in [0.5, 0.6) is 0 Å². The number of fused-ring (bicyclic) bond motifs is 1. The first-order valence-electron chi connectivity index (χ1n) is 6.24. The fraction of sp³-hybridized carbons (Fsp3) is 0. The molecule has 0 amide bonds. The van der Waals surface area contributed by atoms with Crippen molar-refractivity contribution < 1.29 is 4.63 Å². The zero-order chi connectivity index (χ0) is 14.2. The van der Waals surface area contributed by atoms with Crippen molar-refractivity contribution in [1.29, 1.82) is 0 Å².